The second-order valence-electron chi connectivity index (χ2n) is 5.77. The van der Waals surface area contributed by atoms with Gasteiger partial charge < -0.3 is 19.9 Å². The van der Waals surface area contributed by atoms with Crippen molar-refractivity contribution in [1.29, 1.82) is 0 Å². The lowest BCUT2D eigenvalue weighted by molar-refractivity contribution is -0.122. The van der Waals surface area contributed by atoms with Crippen LogP contribution in [0.2, 0.25) is 0 Å². The molecule has 0 aliphatic carbocycles. The molecule has 2 N–H and O–H groups in total. The Morgan fingerprint density at radius 1 is 1.50 bits per heavy atom. The fraction of sp³-hybridized carbons (Fsp3) is 1.00. The predicted octanol–water partition coefficient (Wildman–Crippen LogP) is 0.931. The van der Waals surface area contributed by atoms with Crippen LogP contribution in [-0.4, -0.2) is 48.7 Å². The minimum Gasteiger partial charge on any atom is -0.390 e. The third kappa shape index (κ3) is 5.80. The third-order valence-electron chi connectivity index (χ3n) is 2.57. The second-order valence-corrected chi connectivity index (χ2v) is 5.77. The first-order chi connectivity index (χ1) is 7.29. The van der Waals surface area contributed by atoms with E-state index in [4.69, 9.17) is 9.47 Å². The Morgan fingerprint density at radius 2 is 2.19 bits per heavy atom. The van der Waals surface area contributed by atoms with Gasteiger partial charge in [0.25, 0.3) is 0 Å². The van der Waals surface area contributed by atoms with E-state index in [-0.39, 0.29) is 11.7 Å². The molecule has 0 spiro atoms. The molecule has 1 atom stereocenters. The van der Waals surface area contributed by atoms with Crippen LogP contribution in [0.25, 0.3) is 0 Å². The largest absolute Gasteiger partial charge is 0.390 e. The van der Waals surface area contributed by atoms with Crippen LogP contribution in [0.5, 0.6) is 0 Å². The van der Waals surface area contributed by atoms with Crippen molar-refractivity contribution in [3.05, 3.63) is 0 Å². The zero-order chi connectivity index (χ0) is 12.2. The molecular weight excluding hydrogens is 206 g/mol. The van der Waals surface area contributed by atoms with E-state index in [9.17, 15) is 5.11 Å². The first kappa shape index (κ1) is 13.9. The van der Waals surface area contributed by atoms with E-state index in [1.807, 2.05) is 0 Å². The summed E-state index contributed by atoms with van der Waals surface area (Å²) in [6.45, 7) is 10.6. The lowest BCUT2D eigenvalue weighted by Crippen LogP contribution is -2.51. The standard InChI is InChI=1S/C12H25NO3/c1-11(2,14)5-6-15-8-10-7-13-9-12(3,4)16-10/h10,13-14H,5-9H2,1-4H3. The van der Waals surface area contributed by atoms with Gasteiger partial charge in [-0.3, -0.25) is 0 Å². The Morgan fingerprint density at radius 3 is 2.75 bits per heavy atom. The van der Waals surface area contributed by atoms with E-state index in [1.165, 1.54) is 0 Å². The lowest BCUT2D eigenvalue weighted by atomic mass is 10.1. The van der Waals surface area contributed by atoms with Crippen molar-refractivity contribution in [2.75, 3.05) is 26.3 Å². The summed E-state index contributed by atoms with van der Waals surface area (Å²) in [5.41, 5.74) is -0.756. The van der Waals surface area contributed by atoms with Gasteiger partial charge >= 0.3 is 0 Å². The molecule has 1 aliphatic rings. The quantitative estimate of drug-likeness (QED) is 0.691. The van der Waals surface area contributed by atoms with Gasteiger partial charge in [-0.25, -0.2) is 0 Å². The number of rotatable bonds is 5. The molecule has 0 saturated carbocycles. The highest BCUT2D eigenvalue weighted by Gasteiger charge is 2.28. The van der Waals surface area contributed by atoms with Crippen LogP contribution >= 0.6 is 0 Å². The molecule has 4 heteroatoms. The molecule has 16 heavy (non-hydrogen) atoms. The van der Waals surface area contributed by atoms with Crippen molar-refractivity contribution in [1.82, 2.24) is 5.32 Å². The van der Waals surface area contributed by atoms with Crippen LogP contribution in [0.3, 0.4) is 0 Å². The van der Waals surface area contributed by atoms with Crippen LogP contribution < -0.4 is 5.32 Å². The number of hydrogen-bond donors (Lipinski definition) is 2. The van der Waals surface area contributed by atoms with Gasteiger partial charge in [-0.15, -0.1) is 0 Å². The number of morpholine rings is 1. The average Bonchev–Trinajstić information content (AvgIpc) is 2.09. The summed E-state index contributed by atoms with van der Waals surface area (Å²) < 4.78 is 11.4. The van der Waals surface area contributed by atoms with Gasteiger partial charge in [0.1, 0.15) is 0 Å². The molecule has 1 rings (SSSR count). The minimum atomic E-state index is -0.648. The first-order valence-corrected chi connectivity index (χ1v) is 5.97. The van der Waals surface area contributed by atoms with E-state index in [0.717, 1.165) is 13.1 Å². The van der Waals surface area contributed by atoms with E-state index < -0.39 is 5.60 Å². The van der Waals surface area contributed by atoms with Crippen LogP contribution in [0.15, 0.2) is 0 Å². The molecule has 1 unspecified atom stereocenters. The van der Waals surface area contributed by atoms with Crippen molar-refractivity contribution in [2.24, 2.45) is 0 Å². The molecule has 0 amide bonds. The molecule has 96 valence electrons. The van der Waals surface area contributed by atoms with E-state index in [2.05, 4.69) is 19.2 Å². The smallest absolute Gasteiger partial charge is 0.0940 e. The molecule has 1 aliphatic heterocycles. The maximum Gasteiger partial charge on any atom is 0.0940 e. The maximum atomic E-state index is 9.51. The Bertz CT molecular complexity index is 211. The van der Waals surface area contributed by atoms with Gasteiger partial charge in [0.15, 0.2) is 0 Å². The van der Waals surface area contributed by atoms with E-state index in [0.29, 0.717) is 19.6 Å². The van der Waals surface area contributed by atoms with E-state index in [1.54, 1.807) is 13.8 Å². The Labute approximate surface area is 98.3 Å². The molecule has 1 heterocycles. The summed E-state index contributed by atoms with van der Waals surface area (Å²) in [7, 11) is 0. The molecule has 4 nitrogen and oxygen atoms in total. The van der Waals surface area contributed by atoms with Crippen LogP contribution in [0, 0.1) is 0 Å². The van der Waals surface area contributed by atoms with Gasteiger partial charge in [-0.2, -0.15) is 0 Å². The molecule has 0 bridgehead atoms. The number of nitrogens with one attached hydrogen (secondary N) is 1. The lowest BCUT2D eigenvalue weighted by Gasteiger charge is -2.36. The summed E-state index contributed by atoms with van der Waals surface area (Å²) >= 11 is 0. The summed E-state index contributed by atoms with van der Waals surface area (Å²) in [5.74, 6) is 0. The number of hydrogen-bond acceptors (Lipinski definition) is 4. The predicted molar refractivity (Wildman–Crippen MR) is 63.6 cm³/mol. The first-order valence-electron chi connectivity index (χ1n) is 5.97. The summed E-state index contributed by atoms with van der Waals surface area (Å²) in [6, 6.07) is 0. The molecule has 0 aromatic rings. The van der Waals surface area contributed by atoms with Gasteiger partial charge in [-0.05, 0) is 34.1 Å². The normalized spacial score (nSPS) is 25.7. The van der Waals surface area contributed by atoms with Gasteiger partial charge in [0, 0.05) is 19.7 Å². The molecule has 1 fully saturated rings. The Kier molecular flexibility index (Phi) is 4.73. The molecular formula is C12H25NO3. The summed E-state index contributed by atoms with van der Waals surface area (Å²) in [4.78, 5) is 0. The zero-order valence-corrected chi connectivity index (χ0v) is 10.9. The fourth-order valence-electron chi connectivity index (χ4n) is 1.70. The Hall–Kier alpha value is -0.160. The zero-order valence-electron chi connectivity index (χ0n) is 10.9. The van der Waals surface area contributed by atoms with Crippen molar-refractivity contribution in [2.45, 2.75) is 51.4 Å². The highest BCUT2D eigenvalue weighted by atomic mass is 16.5. The SMILES string of the molecule is CC(C)(O)CCOCC1CNCC(C)(C)O1. The van der Waals surface area contributed by atoms with Gasteiger partial charge in [0.05, 0.1) is 23.9 Å². The summed E-state index contributed by atoms with van der Waals surface area (Å²) in [6.07, 6.45) is 0.766. The number of ether oxygens (including phenoxy) is 2. The second kappa shape index (κ2) is 5.45. The number of aliphatic hydroxyl groups is 1. The third-order valence-corrected chi connectivity index (χ3v) is 2.57. The van der Waals surface area contributed by atoms with Crippen molar-refractivity contribution >= 4 is 0 Å². The monoisotopic (exact) mass is 231 g/mol. The maximum absolute atomic E-state index is 9.51. The van der Waals surface area contributed by atoms with Crippen molar-refractivity contribution in [3.8, 4) is 0 Å². The highest BCUT2D eigenvalue weighted by molar-refractivity contribution is 4.81. The average molecular weight is 231 g/mol. The van der Waals surface area contributed by atoms with Crippen LogP contribution in [-0.2, 0) is 9.47 Å². The molecule has 0 radical (unpaired) electrons. The topological polar surface area (TPSA) is 50.7 Å². The van der Waals surface area contributed by atoms with Crippen LogP contribution in [0.4, 0.5) is 0 Å². The molecule has 0 aromatic heterocycles. The molecule has 0 aromatic carbocycles. The minimum absolute atomic E-state index is 0.109. The highest BCUT2D eigenvalue weighted by Crippen LogP contribution is 2.15. The van der Waals surface area contributed by atoms with Gasteiger partial charge in [0.2, 0.25) is 0 Å². The van der Waals surface area contributed by atoms with E-state index >= 15 is 0 Å². The van der Waals surface area contributed by atoms with Crippen molar-refractivity contribution < 1.29 is 14.6 Å². The van der Waals surface area contributed by atoms with Gasteiger partial charge in [-0.1, -0.05) is 0 Å². The van der Waals surface area contributed by atoms with Crippen molar-refractivity contribution in [3.63, 3.8) is 0 Å². The van der Waals surface area contributed by atoms with Crippen LogP contribution in [0.1, 0.15) is 34.1 Å². The summed E-state index contributed by atoms with van der Waals surface area (Å²) in [5, 5.41) is 12.8. The fourth-order valence-corrected chi connectivity index (χ4v) is 1.70. The Balaban J connectivity index is 2.13. The molecule has 1 saturated heterocycles.